The Bertz CT molecular complexity index is 1110. The number of carbonyl (C=O) groups is 2. The Morgan fingerprint density at radius 3 is 1.23 bits per heavy atom. The van der Waals surface area contributed by atoms with Gasteiger partial charge in [-0.3, -0.25) is 9.59 Å². The number of nitrogens with one attached hydrogen (secondary N) is 1. The van der Waals surface area contributed by atoms with Gasteiger partial charge < -0.3 is 20.3 Å². The van der Waals surface area contributed by atoms with E-state index in [0.717, 1.165) is 70.6 Å². The van der Waals surface area contributed by atoms with Crippen molar-refractivity contribution in [1.29, 1.82) is 0 Å². The second-order valence-electron chi connectivity index (χ2n) is 19.6. The highest BCUT2D eigenvalue weighted by atomic mass is 16.5. The molecule has 66 heavy (non-hydrogen) atoms. The number of carbonyl (C=O) groups excluding carboxylic acids is 2. The molecular formula is C60H111NO5. The van der Waals surface area contributed by atoms with Crippen molar-refractivity contribution in [3.63, 3.8) is 0 Å². The first-order valence-corrected chi connectivity index (χ1v) is 28.9. The van der Waals surface area contributed by atoms with Crippen LogP contribution in [-0.4, -0.2) is 47.4 Å². The standard InChI is InChI=1S/C60H111NO5/c1-3-5-7-9-11-13-15-17-18-19-20-22-25-29-32-36-40-44-48-52-58(63)57(56-62)61-59(64)53-49-45-41-37-33-30-26-23-21-24-27-31-35-39-43-47-51-55-66-60(65)54-50-46-42-38-34-28-16-14-12-10-8-6-4-2/h8,10,14,16,21,24,48,52,57-58,62-63H,3-7,9,11-13,15,17-20,22-23,25-47,49-51,53-56H2,1-2H3,(H,61,64)/b10-8-,16-14-,24-21-,52-48+. The van der Waals surface area contributed by atoms with Crippen LogP contribution < -0.4 is 5.32 Å². The summed E-state index contributed by atoms with van der Waals surface area (Å²) in [5, 5.41) is 23.1. The highest BCUT2D eigenvalue weighted by molar-refractivity contribution is 5.76. The first-order valence-electron chi connectivity index (χ1n) is 28.9. The summed E-state index contributed by atoms with van der Waals surface area (Å²) in [5.74, 6) is -0.0981. The minimum absolute atomic E-state index is 0.0185. The zero-order valence-corrected chi connectivity index (χ0v) is 43.9. The van der Waals surface area contributed by atoms with E-state index in [-0.39, 0.29) is 18.5 Å². The zero-order valence-electron chi connectivity index (χ0n) is 43.9. The van der Waals surface area contributed by atoms with Gasteiger partial charge in [-0.05, 0) is 83.5 Å². The molecule has 1 amide bonds. The van der Waals surface area contributed by atoms with E-state index in [1.165, 1.54) is 199 Å². The number of amides is 1. The van der Waals surface area contributed by atoms with E-state index in [1.54, 1.807) is 6.08 Å². The third-order valence-electron chi connectivity index (χ3n) is 13.0. The van der Waals surface area contributed by atoms with Crippen LogP contribution in [0.1, 0.15) is 296 Å². The Hall–Kier alpha value is -2.18. The molecule has 0 aromatic heterocycles. The summed E-state index contributed by atoms with van der Waals surface area (Å²) in [4.78, 5) is 24.5. The predicted molar refractivity (Wildman–Crippen MR) is 287 cm³/mol. The topological polar surface area (TPSA) is 95.9 Å². The van der Waals surface area contributed by atoms with E-state index >= 15 is 0 Å². The maximum Gasteiger partial charge on any atom is 0.305 e. The third kappa shape index (κ3) is 51.2. The first-order chi connectivity index (χ1) is 32.5. The smallest absolute Gasteiger partial charge is 0.305 e. The van der Waals surface area contributed by atoms with Gasteiger partial charge in [0.1, 0.15) is 0 Å². The number of aliphatic hydroxyl groups is 2. The Kier molecular flexibility index (Phi) is 53.6. The summed E-state index contributed by atoms with van der Waals surface area (Å²) in [7, 11) is 0. The average Bonchev–Trinajstić information content (AvgIpc) is 3.32. The molecule has 0 heterocycles. The number of unbranched alkanes of at least 4 members (excludes halogenated alkanes) is 36. The van der Waals surface area contributed by atoms with Crippen LogP contribution in [-0.2, 0) is 14.3 Å². The lowest BCUT2D eigenvalue weighted by Crippen LogP contribution is -2.45. The minimum atomic E-state index is -0.854. The lowest BCUT2D eigenvalue weighted by molar-refractivity contribution is -0.143. The Morgan fingerprint density at radius 2 is 0.788 bits per heavy atom. The summed E-state index contributed by atoms with van der Waals surface area (Å²) in [6.07, 6.45) is 69.8. The van der Waals surface area contributed by atoms with Gasteiger partial charge >= 0.3 is 5.97 Å². The zero-order chi connectivity index (χ0) is 47.9. The van der Waals surface area contributed by atoms with E-state index in [1.807, 2.05) is 6.08 Å². The number of ether oxygens (including phenoxy) is 1. The lowest BCUT2D eigenvalue weighted by Gasteiger charge is -2.20. The molecule has 6 heteroatoms. The van der Waals surface area contributed by atoms with Crippen molar-refractivity contribution in [2.45, 2.75) is 309 Å². The third-order valence-corrected chi connectivity index (χ3v) is 13.0. The fourth-order valence-electron chi connectivity index (χ4n) is 8.61. The van der Waals surface area contributed by atoms with Crippen molar-refractivity contribution >= 4 is 11.9 Å². The molecule has 0 aromatic carbocycles. The summed E-state index contributed by atoms with van der Waals surface area (Å²) in [6, 6.07) is -0.639. The van der Waals surface area contributed by atoms with Crippen LogP contribution in [0.15, 0.2) is 48.6 Å². The van der Waals surface area contributed by atoms with Crippen molar-refractivity contribution in [1.82, 2.24) is 5.32 Å². The Balaban J connectivity index is 3.51. The number of aliphatic hydroxyl groups excluding tert-OH is 2. The normalized spacial score (nSPS) is 13.0. The van der Waals surface area contributed by atoms with E-state index in [0.29, 0.717) is 19.4 Å². The van der Waals surface area contributed by atoms with Crippen LogP contribution in [0.5, 0.6) is 0 Å². The van der Waals surface area contributed by atoms with Gasteiger partial charge in [0.15, 0.2) is 0 Å². The second-order valence-corrected chi connectivity index (χ2v) is 19.6. The molecule has 0 rings (SSSR count). The van der Waals surface area contributed by atoms with Crippen LogP contribution in [0.2, 0.25) is 0 Å². The van der Waals surface area contributed by atoms with E-state index in [2.05, 4.69) is 55.6 Å². The lowest BCUT2D eigenvalue weighted by atomic mass is 10.0. The summed E-state index contributed by atoms with van der Waals surface area (Å²) in [5.41, 5.74) is 0. The molecule has 0 spiro atoms. The van der Waals surface area contributed by atoms with Crippen molar-refractivity contribution in [2.75, 3.05) is 13.2 Å². The summed E-state index contributed by atoms with van der Waals surface area (Å²) in [6.45, 7) is 4.82. The largest absolute Gasteiger partial charge is 0.466 e. The van der Waals surface area contributed by atoms with Gasteiger partial charge in [0.25, 0.3) is 0 Å². The van der Waals surface area contributed by atoms with Gasteiger partial charge in [-0.25, -0.2) is 0 Å². The molecule has 0 saturated heterocycles. The van der Waals surface area contributed by atoms with Gasteiger partial charge in [0.2, 0.25) is 5.91 Å². The number of rotatable bonds is 53. The van der Waals surface area contributed by atoms with E-state index in [9.17, 15) is 19.8 Å². The fraction of sp³-hybridized carbons (Fsp3) is 0.833. The maximum atomic E-state index is 12.5. The van der Waals surface area contributed by atoms with Gasteiger partial charge in [0, 0.05) is 12.8 Å². The van der Waals surface area contributed by atoms with Crippen LogP contribution in [0.25, 0.3) is 0 Å². The van der Waals surface area contributed by atoms with Crippen LogP contribution in [0.3, 0.4) is 0 Å². The molecule has 0 aromatic rings. The van der Waals surface area contributed by atoms with Crippen molar-refractivity contribution < 1.29 is 24.5 Å². The summed E-state index contributed by atoms with van der Waals surface area (Å²) >= 11 is 0. The van der Waals surface area contributed by atoms with Crippen LogP contribution in [0.4, 0.5) is 0 Å². The second kappa shape index (κ2) is 55.4. The molecule has 386 valence electrons. The molecule has 0 fully saturated rings. The van der Waals surface area contributed by atoms with Crippen molar-refractivity contribution in [3.8, 4) is 0 Å². The van der Waals surface area contributed by atoms with E-state index < -0.39 is 12.1 Å². The van der Waals surface area contributed by atoms with Crippen LogP contribution in [0, 0.1) is 0 Å². The predicted octanol–water partition coefficient (Wildman–Crippen LogP) is 17.8. The summed E-state index contributed by atoms with van der Waals surface area (Å²) < 4.78 is 5.45. The molecule has 0 aliphatic carbocycles. The highest BCUT2D eigenvalue weighted by Gasteiger charge is 2.18. The molecule has 0 aliphatic heterocycles. The molecule has 2 atom stereocenters. The maximum absolute atomic E-state index is 12.5. The molecule has 0 aliphatic rings. The molecule has 3 N–H and O–H groups in total. The SMILES string of the molecule is CCC/C=C\C/C=C\CCCCCCCC(=O)OCCCCCCCC/C=C\CCCCCCCCCC(=O)NC(CO)C(O)/C=C/CCCCCCCCCCCCCCCCCCC. The molecular weight excluding hydrogens is 815 g/mol. The van der Waals surface area contributed by atoms with Gasteiger partial charge in [-0.2, -0.15) is 0 Å². The average molecular weight is 927 g/mol. The monoisotopic (exact) mass is 926 g/mol. The molecule has 2 unspecified atom stereocenters. The van der Waals surface area contributed by atoms with Gasteiger partial charge in [-0.1, -0.05) is 249 Å². The van der Waals surface area contributed by atoms with E-state index in [4.69, 9.17) is 4.74 Å². The molecule has 6 nitrogen and oxygen atoms in total. The van der Waals surface area contributed by atoms with Crippen molar-refractivity contribution in [3.05, 3.63) is 48.6 Å². The van der Waals surface area contributed by atoms with Crippen molar-refractivity contribution in [2.24, 2.45) is 0 Å². The van der Waals surface area contributed by atoms with Gasteiger partial charge in [0.05, 0.1) is 25.4 Å². The highest BCUT2D eigenvalue weighted by Crippen LogP contribution is 2.16. The molecule has 0 saturated carbocycles. The fourth-order valence-corrected chi connectivity index (χ4v) is 8.61. The number of hydrogen-bond acceptors (Lipinski definition) is 5. The van der Waals surface area contributed by atoms with Crippen LogP contribution >= 0.6 is 0 Å². The number of allylic oxidation sites excluding steroid dienone is 7. The Labute approximate surface area is 410 Å². The molecule has 0 bridgehead atoms. The quantitative estimate of drug-likeness (QED) is 0.0321. The minimum Gasteiger partial charge on any atom is -0.466 e. The Morgan fingerprint density at radius 1 is 0.424 bits per heavy atom. The number of esters is 1. The van der Waals surface area contributed by atoms with Gasteiger partial charge in [-0.15, -0.1) is 0 Å². The first kappa shape index (κ1) is 63.8. The molecule has 0 radical (unpaired) electrons. The number of hydrogen-bond donors (Lipinski definition) is 3.